The first-order chi connectivity index (χ1) is 3.85. The molecule has 0 fully saturated rings. The van der Waals surface area contributed by atoms with E-state index in [9.17, 15) is 0 Å². The van der Waals surface area contributed by atoms with E-state index in [1.165, 1.54) is 20.3 Å². The second kappa shape index (κ2) is 4.61. The number of ether oxygens (including phenoxy) is 2. The van der Waals surface area contributed by atoms with Crippen LogP contribution in [0.2, 0.25) is 0 Å². The van der Waals surface area contributed by atoms with Gasteiger partial charge in [0.1, 0.15) is 0 Å². The summed E-state index contributed by atoms with van der Waals surface area (Å²) >= 11 is 0. The Morgan fingerprint density at radius 1 is 1.38 bits per heavy atom. The standard InChI is InChI=1S/C5H10O3/c1-7-5(8-2)3-4-6/h3-6H,1-2H3. The second-order valence-corrected chi connectivity index (χ2v) is 1.18. The molecule has 0 aliphatic rings. The third-order valence-corrected chi connectivity index (χ3v) is 0.708. The molecule has 0 aliphatic carbocycles. The molecule has 0 saturated heterocycles. The first-order valence-electron chi connectivity index (χ1n) is 2.21. The Morgan fingerprint density at radius 3 is 2.00 bits per heavy atom. The van der Waals surface area contributed by atoms with Crippen LogP contribution in [0.5, 0.6) is 0 Å². The lowest BCUT2D eigenvalue weighted by atomic mass is 10.6. The zero-order valence-corrected chi connectivity index (χ0v) is 5.00. The molecule has 0 spiro atoms. The Morgan fingerprint density at radius 2 is 1.88 bits per heavy atom. The summed E-state index contributed by atoms with van der Waals surface area (Å²) in [5.74, 6) is 0. The van der Waals surface area contributed by atoms with Crippen LogP contribution in [0.25, 0.3) is 0 Å². The summed E-state index contributed by atoms with van der Waals surface area (Å²) in [5.41, 5.74) is 0. The molecule has 0 heterocycles. The maximum Gasteiger partial charge on any atom is 0.179 e. The summed E-state index contributed by atoms with van der Waals surface area (Å²) in [6, 6.07) is 0. The fourth-order valence-corrected chi connectivity index (χ4v) is 0.324. The van der Waals surface area contributed by atoms with Crippen LogP contribution in [-0.2, 0) is 9.47 Å². The van der Waals surface area contributed by atoms with E-state index < -0.39 is 6.29 Å². The minimum Gasteiger partial charge on any atom is -0.516 e. The van der Waals surface area contributed by atoms with Gasteiger partial charge < -0.3 is 14.6 Å². The van der Waals surface area contributed by atoms with Crippen molar-refractivity contribution in [1.29, 1.82) is 0 Å². The van der Waals surface area contributed by atoms with Crippen molar-refractivity contribution in [2.45, 2.75) is 6.29 Å². The molecule has 1 N–H and O–H groups in total. The quantitative estimate of drug-likeness (QED) is 0.437. The molecule has 0 aromatic heterocycles. The van der Waals surface area contributed by atoms with Crippen LogP contribution in [0.15, 0.2) is 12.3 Å². The van der Waals surface area contributed by atoms with E-state index in [0.717, 1.165) is 6.26 Å². The molecule has 0 bridgehead atoms. The van der Waals surface area contributed by atoms with E-state index in [1.54, 1.807) is 0 Å². The molecule has 8 heavy (non-hydrogen) atoms. The Balaban J connectivity index is 3.36. The first-order valence-corrected chi connectivity index (χ1v) is 2.21. The number of aliphatic hydroxyl groups is 1. The van der Waals surface area contributed by atoms with Crippen LogP contribution in [0, 0.1) is 0 Å². The average molecular weight is 118 g/mol. The Bertz CT molecular complexity index is 66.1. The maximum absolute atomic E-state index is 8.16. The van der Waals surface area contributed by atoms with Crippen LogP contribution in [0.1, 0.15) is 0 Å². The van der Waals surface area contributed by atoms with E-state index in [1.807, 2.05) is 0 Å². The average Bonchev–Trinajstić information content (AvgIpc) is 1.83. The van der Waals surface area contributed by atoms with Crippen LogP contribution in [0.4, 0.5) is 0 Å². The SMILES string of the molecule is COC(C=CO)OC. The lowest BCUT2D eigenvalue weighted by Crippen LogP contribution is -2.08. The highest BCUT2D eigenvalue weighted by molar-refractivity contribution is 4.75. The summed E-state index contributed by atoms with van der Waals surface area (Å²) in [6.07, 6.45) is 1.84. The Labute approximate surface area is 48.5 Å². The van der Waals surface area contributed by atoms with Crippen molar-refractivity contribution in [2.24, 2.45) is 0 Å². The van der Waals surface area contributed by atoms with Gasteiger partial charge in [0.05, 0.1) is 6.26 Å². The molecule has 0 aromatic carbocycles. The van der Waals surface area contributed by atoms with Crippen LogP contribution >= 0.6 is 0 Å². The maximum atomic E-state index is 8.16. The third-order valence-electron chi connectivity index (χ3n) is 0.708. The molecular weight excluding hydrogens is 108 g/mol. The van der Waals surface area contributed by atoms with Gasteiger partial charge in [-0.25, -0.2) is 0 Å². The molecular formula is C5H10O3. The lowest BCUT2D eigenvalue weighted by Gasteiger charge is -2.05. The van der Waals surface area contributed by atoms with Gasteiger partial charge in [0.25, 0.3) is 0 Å². The minimum absolute atomic E-state index is 0.431. The zero-order chi connectivity index (χ0) is 6.41. The first kappa shape index (κ1) is 7.46. The number of hydrogen-bond donors (Lipinski definition) is 1. The van der Waals surface area contributed by atoms with Gasteiger partial charge in [-0.1, -0.05) is 0 Å². The van der Waals surface area contributed by atoms with E-state index in [4.69, 9.17) is 5.11 Å². The van der Waals surface area contributed by atoms with Crippen molar-refractivity contribution in [3.05, 3.63) is 12.3 Å². The second-order valence-electron chi connectivity index (χ2n) is 1.18. The van der Waals surface area contributed by atoms with Crippen molar-refractivity contribution in [3.63, 3.8) is 0 Å². The summed E-state index contributed by atoms with van der Waals surface area (Å²) in [6.45, 7) is 0. The molecule has 0 atom stereocenters. The van der Waals surface area contributed by atoms with Gasteiger partial charge in [-0.05, 0) is 0 Å². The Kier molecular flexibility index (Phi) is 4.30. The molecule has 0 aromatic rings. The van der Waals surface area contributed by atoms with Gasteiger partial charge in [-0.15, -0.1) is 0 Å². The molecule has 0 radical (unpaired) electrons. The van der Waals surface area contributed by atoms with Crippen molar-refractivity contribution in [2.75, 3.05) is 14.2 Å². The van der Waals surface area contributed by atoms with E-state index in [-0.39, 0.29) is 0 Å². The molecule has 0 aliphatic heterocycles. The zero-order valence-electron chi connectivity index (χ0n) is 5.00. The Hall–Kier alpha value is -0.540. The van der Waals surface area contributed by atoms with Crippen molar-refractivity contribution < 1.29 is 14.6 Å². The molecule has 3 heteroatoms. The number of hydrogen-bond acceptors (Lipinski definition) is 3. The fourth-order valence-electron chi connectivity index (χ4n) is 0.324. The molecule has 0 amide bonds. The predicted molar refractivity (Wildman–Crippen MR) is 29.6 cm³/mol. The molecule has 48 valence electrons. The highest BCUT2D eigenvalue weighted by Gasteiger charge is 1.94. The predicted octanol–water partition coefficient (Wildman–Crippen LogP) is 0.677. The van der Waals surface area contributed by atoms with E-state index in [0.29, 0.717) is 0 Å². The third kappa shape index (κ3) is 2.60. The van der Waals surface area contributed by atoms with Gasteiger partial charge in [0.2, 0.25) is 0 Å². The summed E-state index contributed by atoms with van der Waals surface area (Å²) in [4.78, 5) is 0. The van der Waals surface area contributed by atoms with Crippen LogP contribution in [-0.4, -0.2) is 25.6 Å². The highest BCUT2D eigenvalue weighted by Crippen LogP contribution is 1.89. The van der Waals surface area contributed by atoms with Gasteiger partial charge in [-0.3, -0.25) is 0 Å². The van der Waals surface area contributed by atoms with E-state index in [2.05, 4.69) is 9.47 Å². The van der Waals surface area contributed by atoms with Crippen molar-refractivity contribution in [3.8, 4) is 0 Å². The smallest absolute Gasteiger partial charge is 0.179 e. The molecule has 0 unspecified atom stereocenters. The van der Waals surface area contributed by atoms with Gasteiger partial charge >= 0.3 is 0 Å². The van der Waals surface area contributed by atoms with Crippen LogP contribution < -0.4 is 0 Å². The molecule has 0 saturated carbocycles. The highest BCUT2D eigenvalue weighted by atomic mass is 16.7. The minimum atomic E-state index is -0.431. The number of methoxy groups -OCH3 is 2. The summed E-state index contributed by atoms with van der Waals surface area (Å²) in [7, 11) is 2.99. The normalized spacial score (nSPS) is 11.4. The monoisotopic (exact) mass is 118 g/mol. The van der Waals surface area contributed by atoms with Crippen LogP contribution in [0.3, 0.4) is 0 Å². The summed E-state index contributed by atoms with van der Waals surface area (Å²) < 4.78 is 9.34. The van der Waals surface area contributed by atoms with Crippen molar-refractivity contribution >= 4 is 0 Å². The largest absolute Gasteiger partial charge is 0.516 e. The molecule has 0 rings (SSSR count). The summed E-state index contributed by atoms with van der Waals surface area (Å²) in [5, 5.41) is 8.16. The van der Waals surface area contributed by atoms with Gasteiger partial charge in [0, 0.05) is 20.3 Å². The lowest BCUT2D eigenvalue weighted by molar-refractivity contribution is -0.0675. The fraction of sp³-hybridized carbons (Fsp3) is 0.600. The number of aliphatic hydroxyl groups excluding tert-OH is 1. The van der Waals surface area contributed by atoms with E-state index >= 15 is 0 Å². The van der Waals surface area contributed by atoms with Gasteiger partial charge in [-0.2, -0.15) is 0 Å². The molecule has 3 nitrogen and oxygen atoms in total. The van der Waals surface area contributed by atoms with Crippen molar-refractivity contribution in [1.82, 2.24) is 0 Å². The number of rotatable bonds is 3. The van der Waals surface area contributed by atoms with Gasteiger partial charge in [0.15, 0.2) is 6.29 Å². The topological polar surface area (TPSA) is 38.7 Å².